The van der Waals surface area contributed by atoms with Crippen molar-refractivity contribution in [3.8, 4) is 11.5 Å². The van der Waals surface area contributed by atoms with Crippen molar-refractivity contribution in [2.24, 2.45) is 0 Å². The third-order valence-corrected chi connectivity index (χ3v) is 2.74. The summed E-state index contributed by atoms with van der Waals surface area (Å²) >= 11 is 0. The molecular formula is C17H16O3. The molecule has 0 fully saturated rings. The fraction of sp³-hybridized carbons (Fsp3) is 0.118. The van der Waals surface area contributed by atoms with E-state index in [0.29, 0.717) is 17.9 Å². The van der Waals surface area contributed by atoms with Crippen LogP contribution in [0.2, 0.25) is 0 Å². The molecule has 0 aliphatic rings. The first-order valence-electron chi connectivity index (χ1n) is 6.28. The maximum absolute atomic E-state index is 12.2. The van der Waals surface area contributed by atoms with Gasteiger partial charge >= 0.3 is 0 Å². The van der Waals surface area contributed by atoms with Crippen LogP contribution in [-0.4, -0.2) is 17.5 Å². The molecule has 0 radical (unpaired) electrons. The highest BCUT2D eigenvalue weighted by molar-refractivity contribution is 6.10. The highest BCUT2D eigenvalue weighted by Crippen LogP contribution is 2.26. The molecule has 2 aromatic rings. The van der Waals surface area contributed by atoms with Gasteiger partial charge in [0.1, 0.15) is 18.1 Å². The van der Waals surface area contributed by atoms with Crippen molar-refractivity contribution >= 4 is 5.78 Å². The minimum absolute atomic E-state index is 0.0851. The molecule has 0 saturated carbocycles. The standard InChI is InChI=1S/C17H16O3/c1-12(2)11-20-14-8-9-15(16(18)10-14)17(19)13-6-4-3-5-7-13/h3-10,18H,1,11H2,2H3. The van der Waals surface area contributed by atoms with E-state index in [1.807, 2.05) is 13.0 Å². The van der Waals surface area contributed by atoms with E-state index in [1.54, 1.807) is 36.4 Å². The third kappa shape index (κ3) is 3.26. The largest absolute Gasteiger partial charge is 0.507 e. The lowest BCUT2D eigenvalue weighted by molar-refractivity contribution is 0.103. The van der Waals surface area contributed by atoms with Gasteiger partial charge in [-0.3, -0.25) is 4.79 Å². The topological polar surface area (TPSA) is 46.5 Å². The summed E-state index contributed by atoms with van der Waals surface area (Å²) < 4.78 is 5.42. The molecule has 0 bridgehead atoms. The van der Waals surface area contributed by atoms with Crippen molar-refractivity contribution in [1.29, 1.82) is 0 Å². The molecule has 0 aromatic heterocycles. The maximum atomic E-state index is 12.2. The summed E-state index contributed by atoms with van der Waals surface area (Å²) in [6, 6.07) is 13.5. The van der Waals surface area contributed by atoms with Crippen molar-refractivity contribution in [3.05, 3.63) is 71.8 Å². The predicted molar refractivity (Wildman–Crippen MR) is 78.3 cm³/mol. The van der Waals surface area contributed by atoms with Crippen LogP contribution in [0.3, 0.4) is 0 Å². The fourth-order valence-corrected chi connectivity index (χ4v) is 1.74. The molecule has 1 N–H and O–H groups in total. The Balaban J connectivity index is 2.22. The van der Waals surface area contributed by atoms with Crippen molar-refractivity contribution in [3.63, 3.8) is 0 Å². The molecule has 102 valence electrons. The normalized spacial score (nSPS) is 10.1. The summed E-state index contributed by atoms with van der Waals surface area (Å²) in [6.07, 6.45) is 0. The first-order valence-corrected chi connectivity index (χ1v) is 6.28. The molecular weight excluding hydrogens is 252 g/mol. The lowest BCUT2D eigenvalue weighted by atomic mass is 10.0. The number of phenols is 1. The minimum atomic E-state index is -0.213. The average molecular weight is 268 g/mol. The van der Waals surface area contributed by atoms with Gasteiger partial charge in [0, 0.05) is 11.6 Å². The highest BCUT2D eigenvalue weighted by atomic mass is 16.5. The molecule has 20 heavy (non-hydrogen) atoms. The second kappa shape index (κ2) is 6.06. The zero-order chi connectivity index (χ0) is 14.5. The van der Waals surface area contributed by atoms with E-state index in [1.165, 1.54) is 6.07 Å². The van der Waals surface area contributed by atoms with Crippen LogP contribution in [0.5, 0.6) is 11.5 Å². The van der Waals surface area contributed by atoms with E-state index in [9.17, 15) is 9.90 Å². The Bertz CT molecular complexity index is 630. The summed E-state index contributed by atoms with van der Waals surface area (Å²) in [5.74, 6) is 0.211. The average Bonchev–Trinajstić information content (AvgIpc) is 2.45. The lowest BCUT2D eigenvalue weighted by Gasteiger charge is -2.08. The van der Waals surface area contributed by atoms with Crippen molar-refractivity contribution in [2.75, 3.05) is 6.61 Å². The van der Waals surface area contributed by atoms with Gasteiger partial charge in [0.15, 0.2) is 5.78 Å². The molecule has 0 atom stereocenters. The van der Waals surface area contributed by atoms with Crippen LogP contribution in [-0.2, 0) is 0 Å². The number of hydrogen-bond donors (Lipinski definition) is 1. The lowest BCUT2D eigenvalue weighted by Crippen LogP contribution is -2.02. The van der Waals surface area contributed by atoms with Gasteiger partial charge in [-0.1, -0.05) is 36.9 Å². The van der Waals surface area contributed by atoms with Crippen molar-refractivity contribution < 1.29 is 14.6 Å². The number of carbonyl (C=O) groups excluding carboxylic acids is 1. The summed E-state index contributed by atoms with van der Waals surface area (Å²) in [4.78, 5) is 12.2. The Morgan fingerprint density at radius 1 is 1.20 bits per heavy atom. The molecule has 2 rings (SSSR count). The number of ether oxygens (including phenoxy) is 1. The van der Waals surface area contributed by atoms with Crippen LogP contribution in [0.15, 0.2) is 60.7 Å². The van der Waals surface area contributed by atoms with Gasteiger partial charge in [-0.05, 0) is 24.6 Å². The Morgan fingerprint density at radius 2 is 1.90 bits per heavy atom. The van der Waals surface area contributed by atoms with E-state index in [-0.39, 0.29) is 17.1 Å². The second-order valence-electron chi connectivity index (χ2n) is 4.62. The van der Waals surface area contributed by atoms with E-state index in [0.717, 1.165) is 5.57 Å². The number of ketones is 1. The molecule has 0 aliphatic carbocycles. The quantitative estimate of drug-likeness (QED) is 0.666. The van der Waals surface area contributed by atoms with Gasteiger partial charge in [-0.15, -0.1) is 0 Å². The van der Waals surface area contributed by atoms with Crippen molar-refractivity contribution in [2.45, 2.75) is 6.92 Å². The Hall–Kier alpha value is -2.55. The second-order valence-corrected chi connectivity index (χ2v) is 4.62. The smallest absolute Gasteiger partial charge is 0.196 e. The van der Waals surface area contributed by atoms with Crippen LogP contribution in [0.1, 0.15) is 22.8 Å². The molecule has 0 unspecified atom stereocenters. The van der Waals surface area contributed by atoms with Gasteiger partial charge in [-0.2, -0.15) is 0 Å². The van der Waals surface area contributed by atoms with E-state index in [2.05, 4.69) is 6.58 Å². The number of phenolic OH excluding ortho intramolecular Hbond substituents is 1. The summed E-state index contributed by atoms with van der Waals surface area (Å²) in [6.45, 7) is 5.97. The van der Waals surface area contributed by atoms with E-state index < -0.39 is 0 Å². The van der Waals surface area contributed by atoms with Gasteiger partial charge in [-0.25, -0.2) is 0 Å². The first kappa shape index (κ1) is 13.9. The van der Waals surface area contributed by atoms with Crippen LogP contribution in [0.4, 0.5) is 0 Å². The zero-order valence-electron chi connectivity index (χ0n) is 11.3. The molecule has 0 amide bonds. The monoisotopic (exact) mass is 268 g/mol. The molecule has 3 nitrogen and oxygen atoms in total. The summed E-state index contributed by atoms with van der Waals surface area (Å²) in [5.41, 5.74) is 1.69. The third-order valence-electron chi connectivity index (χ3n) is 2.74. The number of rotatable bonds is 5. The Labute approximate surface area is 118 Å². The predicted octanol–water partition coefficient (Wildman–Crippen LogP) is 3.58. The van der Waals surface area contributed by atoms with E-state index in [4.69, 9.17) is 4.74 Å². The van der Waals surface area contributed by atoms with Crippen molar-refractivity contribution in [1.82, 2.24) is 0 Å². The molecule has 0 aliphatic heterocycles. The van der Waals surface area contributed by atoms with Crippen LogP contribution in [0.25, 0.3) is 0 Å². The Kier molecular flexibility index (Phi) is 4.20. The SMILES string of the molecule is C=C(C)COc1ccc(C(=O)c2ccccc2)c(O)c1. The van der Waals surface area contributed by atoms with Crippen LogP contribution >= 0.6 is 0 Å². The molecule has 0 spiro atoms. The van der Waals surface area contributed by atoms with E-state index >= 15 is 0 Å². The molecule has 2 aromatic carbocycles. The number of benzene rings is 2. The number of aromatic hydroxyl groups is 1. The van der Waals surface area contributed by atoms with Gasteiger partial charge < -0.3 is 9.84 Å². The van der Waals surface area contributed by atoms with Gasteiger partial charge in [0.05, 0.1) is 5.56 Å². The van der Waals surface area contributed by atoms with Crippen LogP contribution < -0.4 is 4.74 Å². The Morgan fingerprint density at radius 3 is 2.50 bits per heavy atom. The van der Waals surface area contributed by atoms with Gasteiger partial charge in [0.2, 0.25) is 0 Å². The number of carbonyl (C=O) groups is 1. The molecule has 3 heteroatoms. The maximum Gasteiger partial charge on any atom is 0.196 e. The van der Waals surface area contributed by atoms with Crippen LogP contribution in [0, 0.1) is 0 Å². The summed E-state index contributed by atoms with van der Waals surface area (Å²) in [7, 11) is 0. The minimum Gasteiger partial charge on any atom is -0.507 e. The molecule has 0 saturated heterocycles. The fourth-order valence-electron chi connectivity index (χ4n) is 1.74. The first-order chi connectivity index (χ1) is 9.58. The molecule has 0 heterocycles. The number of hydrogen-bond acceptors (Lipinski definition) is 3. The summed E-state index contributed by atoms with van der Waals surface area (Å²) in [5, 5.41) is 9.97. The zero-order valence-corrected chi connectivity index (χ0v) is 11.3. The van der Waals surface area contributed by atoms with Gasteiger partial charge in [0.25, 0.3) is 0 Å². The highest BCUT2D eigenvalue weighted by Gasteiger charge is 2.13.